The molecule has 2 aliphatic carbocycles. The standard InChI is InChI=1S/C34H30Cl2N4O6/c35-21-5-11-25-27(17-21)33(45)39(31(25)43)23-7-1-19(2-8-23)29(41)37-13-15-38(16-14-37)30(42)20-3-9-24(10-4-20)40-32(44)26-12-6-22(36)18-28(26)34(40)46/h1-10,25-28H,11-18H2/t25-,26-,27+,28+/m1/s1. The number of halogens is 2. The molecule has 236 valence electrons. The van der Waals surface area contributed by atoms with Crippen molar-refractivity contribution in [1.82, 2.24) is 9.80 Å². The van der Waals surface area contributed by atoms with Crippen molar-refractivity contribution in [3.8, 4) is 0 Å². The summed E-state index contributed by atoms with van der Waals surface area (Å²) in [5.74, 6) is -3.17. The molecule has 3 fully saturated rings. The second-order valence-electron chi connectivity index (χ2n) is 12.3. The lowest BCUT2D eigenvalue weighted by Gasteiger charge is -2.35. The first kappa shape index (κ1) is 30.4. The van der Waals surface area contributed by atoms with Crippen LogP contribution in [0, 0.1) is 23.7 Å². The molecule has 0 saturated carbocycles. The molecule has 3 saturated heterocycles. The van der Waals surface area contributed by atoms with Crippen LogP contribution in [0.1, 0.15) is 46.4 Å². The fourth-order valence-corrected chi connectivity index (χ4v) is 7.66. The van der Waals surface area contributed by atoms with Crippen molar-refractivity contribution < 1.29 is 28.8 Å². The number of carbonyl (C=O) groups excluding carboxylic acids is 6. The van der Waals surface area contributed by atoms with Crippen LogP contribution >= 0.6 is 23.2 Å². The van der Waals surface area contributed by atoms with Crippen molar-refractivity contribution in [2.24, 2.45) is 23.7 Å². The van der Waals surface area contributed by atoms with Gasteiger partial charge in [0.05, 0.1) is 35.0 Å². The molecule has 6 amide bonds. The smallest absolute Gasteiger partial charge is 0.253 e. The van der Waals surface area contributed by atoms with Gasteiger partial charge in [0.2, 0.25) is 23.6 Å². The average Bonchev–Trinajstić information content (AvgIpc) is 3.47. The van der Waals surface area contributed by atoms with Crippen LogP contribution in [0.15, 0.2) is 70.7 Å². The Balaban J connectivity index is 0.949. The average molecular weight is 662 g/mol. The van der Waals surface area contributed by atoms with Gasteiger partial charge in [-0.15, -0.1) is 0 Å². The van der Waals surface area contributed by atoms with E-state index < -0.39 is 23.7 Å². The molecule has 4 atom stereocenters. The quantitative estimate of drug-likeness (QED) is 0.451. The zero-order valence-corrected chi connectivity index (χ0v) is 26.2. The highest BCUT2D eigenvalue weighted by Gasteiger charge is 2.50. The number of imide groups is 2. The Kier molecular flexibility index (Phi) is 7.81. The van der Waals surface area contributed by atoms with Gasteiger partial charge >= 0.3 is 0 Å². The molecular weight excluding hydrogens is 631 g/mol. The predicted molar refractivity (Wildman–Crippen MR) is 170 cm³/mol. The minimum atomic E-state index is -0.455. The molecule has 12 heteroatoms. The molecule has 10 nitrogen and oxygen atoms in total. The van der Waals surface area contributed by atoms with Crippen LogP contribution in [-0.4, -0.2) is 71.4 Å². The Hall–Kier alpha value is -4.28. The van der Waals surface area contributed by atoms with Gasteiger partial charge in [0.1, 0.15) is 0 Å². The molecule has 7 rings (SSSR count). The van der Waals surface area contributed by atoms with Crippen LogP contribution < -0.4 is 9.80 Å². The van der Waals surface area contributed by atoms with Crippen LogP contribution in [0.4, 0.5) is 11.4 Å². The van der Waals surface area contributed by atoms with Crippen molar-refractivity contribution in [3.63, 3.8) is 0 Å². The lowest BCUT2D eigenvalue weighted by atomic mass is 9.85. The van der Waals surface area contributed by atoms with E-state index in [0.29, 0.717) is 84.4 Å². The van der Waals surface area contributed by atoms with Crippen molar-refractivity contribution >= 4 is 70.0 Å². The second kappa shape index (κ2) is 11.8. The SMILES string of the molecule is O=C(c1ccc(N2C(=O)[C@H]3CC(Cl)=CC[C@H]3C2=O)cc1)N1CCN(C(=O)c2ccc(N3C(=O)[C@H]4CC(Cl)=CC[C@H]4C3=O)cc2)CC1. The predicted octanol–water partition coefficient (Wildman–Crippen LogP) is 4.33. The first-order chi connectivity index (χ1) is 22.1. The Labute approximate surface area is 275 Å². The van der Waals surface area contributed by atoms with E-state index in [9.17, 15) is 28.8 Å². The van der Waals surface area contributed by atoms with E-state index >= 15 is 0 Å². The van der Waals surface area contributed by atoms with E-state index in [4.69, 9.17) is 23.2 Å². The van der Waals surface area contributed by atoms with Gasteiger partial charge in [0, 0.05) is 47.4 Å². The van der Waals surface area contributed by atoms with Gasteiger partial charge in [-0.05, 0) is 74.2 Å². The lowest BCUT2D eigenvalue weighted by Crippen LogP contribution is -2.50. The number of piperazine rings is 1. The zero-order chi connectivity index (χ0) is 32.3. The molecule has 5 aliphatic rings. The van der Waals surface area contributed by atoms with E-state index in [-0.39, 0.29) is 35.4 Å². The van der Waals surface area contributed by atoms with Gasteiger partial charge in [-0.3, -0.25) is 38.6 Å². The highest BCUT2D eigenvalue weighted by molar-refractivity contribution is 6.31. The molecular formula is C34H30Cl2N4O6. The maximum Gasteiger partial charge on any atom is 0.253 e. The third kappa shape index (κ3) is 5.13. The van der Waals surface area contributed by atoms with E-state index in [2.05, 4.69) is 0 Å². The monoisotopic (exact) mass is 660 g/mol. The number of allylic oxidation sites excluding steroid dienone is 4. The van der Waals surface area contributed by atoms with Crippen LogP contribution in [-0.2, 0) is 19.2 Å². The van der Waals surface area contributed by atoms with Gasteiger partial charge in [0.25, 0.3) is 11.8 Å². The summed E-state index contributed by atoms with van der Waals surface area (Å²) in [6, 6.07) is 12.9. The molecule has 0 spiro atoms. The number of carbonyl (C=O) groups is 6. The van der Waals surface area contributed by atoms with E-state index in [0.717, 1.165) is 0 Å². The minimum Gasteiger partial charge on any atom is -0.335 e. The number of amides is 6. The summed E-state index contributed by atoms with van der Waals surface area (Å²) in [6.07, 6.45) is 5.19. The summed E-state index contributed by atoms with van der Waals surface area (Å²) in [5, 5.41) is 1.19. The number of nitrogens with zero attached hydrogens (tertiary/aromatic N) is 4. The van der Waals surface area contributed by atoms with Crippen molar-refractivity contribution in [2.75, 3.05) is 36.0 Å². The van der Waals surface area contributed by atoms with Crippen molar-refractivity contribution in [1.29, 1.82) is 0 Å². The molecule has 0 N–H and O–H groups in total. The minimum absolute atomic E-state index is 0.205. The number of hydrogen-bond donors (Lipinski definition) is 0. The van der Waals surface area contributed by atoms with Crippen molar-refractivity contribution in [2.45, 2.75) is 25.7 Å². The van der Waals surface area contributed by atoms with Crippen LogP contribution in [0.25, 0.3) is 0 Å². The van der Waals surface area contributed by atoms with Gasteiger partial charge in [0.15, 0.2) is 0 Å². The normalized spacial score (nSPS) is 26.2. The molecule has 0 bridgehead atoms. The topological polar surface area (TPSA) is 115 Å². The highest BCUT2D eigenvalue weighted by Crippen LogP contribution is 2.42. The lowest BCUT2D eigenvalue weighted by molar-refractivity contribution is -0.124. The molecule has 2 aromatic rings. The zero-order valence-electron chi connectivity index (χ0n) is 24.7. The first-order valence-electron chi connectivity index (χ1n) is 15.4. The van der Waals surface area contributed by atoms with Gasteiger partial charge in [-0.25, -0.2) is 0 Å². The van der Waals surface area contributed by atoms with E-state index in [1.807, 2.05) is 0 Å². The molecule has 3 heterocycles. The van der Waals surface area contributed by atoms with Crippen molar-refractivity contribution in [3.05, 3.63) is 81.9 Å². The number of hydrogen-bond acceptors (Lipinski definition) is 6. The molecule has 0 aromatic heterocycles. The summed E-state index contributed by atoms with van der Waals surface area (Å²) in [6.45, 7) is 1.34. The van der Waals surface area contributed by atoms with Gasteiger partial charge < -0.3 is 9.80 Å². The van der Waals surface area contributed by atoms with Gasteiger partial charge in [-0.1, -0.05) is 35.4 Å². The third-order valence-electron chi connectivity index (χ3n) is 9.74. The van der Waals surface area contributed by atoms with Crippen LogP contribution in [0.2, 0.25) is 0 Å². The molecule has 3 aliphatic heterocycles. The number of fused-ring (bicyclic) bond motifs is 2. The van der Waals surface area contributed by atoms with Crippen LogP contribution in [0.5, 0.6) is 0 Å². The molecule has 0 unspecified atom stereocenters. The summed E-state index contributed by atoms with van der Waals surface area (Å²) in [4.78, 5) is 84.2. The fraction of sp³-hybridized carbons (Fsp3) is 0.353. The first-order valence-corrected chi connectivity index (χ1v) is 16.1. The number of benzene rings is 2. The summed E-state index contributed by atoms with van der Waals surface area (Å²) >= 11 is 12.2. The summed E-state index contributed by atoms with van der Waals surface area (Å²) in [5.41, 5.74) is 1.70. The molecule has 2 aromatic carbocycles. The fourth-order valence-electron chi connectivity index (χ4n) is 7.15. The largest absolute Gasteiger partial charge is 0.335 e. The third-order valence-corrected chi connectivity index (χ3v) is 10.4. The van der Waals surface area contributed by atoms with E-state index in [1.54, 1.807) is 70.5 Å². The van der Waals surface area contributed by atoms with Crippen LogP contribution in [0.3, 0.4) is 0 Å². The summed E-state index contributed by atoms with van der Waals surface area (Å²) < 4.78 is 0. The summed E-state index contributed by atoms with van der Waals surface area (Å²) in [7, 11) is 0. The van der Waals surface area contributed by atoms with E-state index in [1.165, 1.54) is 9.80 Å². The van der Waals surface area contributed by atoms with Gasteiger partial charge in [-0.2, -0.15) is 0 Å². The Morgan fingerprint density at radius 3 is 1.20 bits per heavy atom. The Bertz CT molecular complexity index is 1600. The number of rotatable bonds is 4. The Morgan fingerprint density at radius 2 is 0.848 bits per heavy atom. The maximum absolute atomic E-state index is 13.3. The second-order valence-corrected chi connectivity index (χ2v) is 13.3. The molecule has 0 radical (unpaired) electrons. The number of anilines is 2. The highest BCUT2D eigenvalue weighted by atomic mass is 35.5. The Morgan fingerprint density at radius 1 is 0.522 bits per heavy atom. The molecule has 46 heavy (non-hydrogen) atoms. The maximum atomic E-state index is 13.3.